The molecule has 0 aliphatic heterocycles. The number of rotatable bonds is 6. The molecule has 0 radical (unpaired) electrons. The molecule has 0 aliphatic rings. The predicted octanol–water partition coefficient (Wildman–Crippen LogP) is 2.90. The van der Waals surface area contributed by atoms with Gasteiger partial charge in [-0.1, -0.05) is 42.5 Å². The zero-order valence-electron chi connectivity index (χ0n) is 14.5. The third-order valence-electron chi connectivity index (χ3n) is 3.52. The van der Waals surface area contributed by atoms with Crippen LogP contribution >= 0.6 is 0 Å². The Balaban J connectivity index is 2.17. The molecule has 0 saturated heterocycles. The van der Waals surface area contributed by atoms with Gasteiger partial charge in [-0.05, 0) is 24.6 Å². The molecule has 2 N–H and O–H groups in total. The minimum Gasteiger partial charge on any atom is -0.467 e. The first kappa shape index (κ1) is 19.0. The molecule has 1 atom stereocenters. The van der Waals surface area contributed by atoms with Crippen molar-refractivity contribution in [1.82, 2.24) is 5.32 Å². The van der Waals surface area contributed by atoms with Crippen molar-refractivity contribution in [3.8, 4) is 0 Å². The van der Waals surface area contributed by atoms with Gasteiger partial charge >= 0.3 is 18.0 Å². The highest BCUT2D eigenvalue weighted by atomic mass is 16.5. The molecule has 2 aromatic rings. The van der Waals surface area contributed by atoms with Crippen molar-refractivity contribution in [2.45, 2.75) is 13.0 Å². The Morgan fingerprint density at radius 1 is 1.00 bits per heavy atom. The van der Waals surface area contributed by atoms with Crippen molar-refractivity contribution in [2.24, 2.45) is 0 Å². The lowest BCUT2D eigenvalue weighted by Gasteiger charge is -2.18. The average molecular weight is 356 g/mol. The smallest absolute Gasteiger partial charge is 0.340 e. The van der Waals surface area contributed by atoms with Crippen molar-refractivity contribution in [3.63, 3.8) is 0 Å². The van der Waals surface area contributed by atoms with Crippen molar-refractivity contribution in [2.75, 3.05) is 19.0 Å². The lowest BCUT2D eigenvalue weighted by molar-refractivity contribution is -0.143. The molecule has 2 rings (SSSR count). The van der Waals surface area contributed by atoms with Gasteiger partial charge in [-0.15, -0.1) is 0 Å². The second-order valence-electron chi connectivity index (χ2n) is 5.23. The maximum Gasteiger partial charge on any atom is 0.340 e. The van der Waals surface area contributed by atoms with Crippen molar-refractivity contribution in [3.05, 3.63) is 65.7 Å². The fourth-order valence-electron chi connectivity index (χ4n) is 2.31. The summed E-state index contributed by atoms with van der Waals surface area (Å²) < 4.78 is 9.73. The molecule has 2 aromatic carbocycles. The quantitative estimate of drug-likeness (QED) is 0.776. The number of hydrogen-bond donors (Lipinski definition) is 2. The minimum atomic E-state index is -0.976. The van der Waals surface area contributed by atoms with E-state index >= 15 is 0 Å². The van der Waals surface area contributed by atoms with Gasteiger partial charge in [0.05, 0.1) is 25.0 Å². The monoisotopic (exact) mass is 356 g/mol. The zero-order chi connectivity index (χ0) is 18.9. The van der Waals surface area contributed by atoms with Crippen LogP contribution in [0.5, 0.6) is 0 Å². The van der Waals surface area contributed by atoms with Crippen LogP contribution in [0.2, 0.25) is 0 Å². The molecule has 0 saturated carbocycles. The second kappa shape index (κ2) is 9.22. The first-order chi connectivity index (χ1) is 12.6. The lowest BCUT2D eigenvalue weighted by atomic mass is 10.1. The number of carbonyl (C=O) groups excluding carboxylic acids is 3. The summed E-state index contributed by atoms with van der Waals surface area (Å²) in [5, 5.41) is 5.12. The van der Waals surface area contributed by atoms with Gasteiger partial charge in [-0.3, -0.25) is 0 Å². The van der Waals surface area contributed by atoms with Crippen LogP contribution in [-0.2, 0) is 14.3 Å². The van der Waals surface area contributed by atoms with Gasteiger partial charge in [0.25, 0.3) is 0 Å². The molecule has 0 bridgehead atoms. The molecule has 1 unspecified atom stereocenters. The number of ether oxygens (including phenoxy) is 2. The van der Waals surface area contributed by atoms with Crippen LogP contribution in [0.25, 0.3) is 0 Å². The summed E-state index contributed by atoms with van der Waals surface area (Å²) in [5.41, 5.74) is 1.08. The van der Waals surface area contributed by atoms with Crippen LogP contribution in [0.3, 0.4) is 0 Å². The van der Waals surface area contributed by atoms with E-state index in [1.54, 1.807) is 61.5 Å². The number of benzene rings is 2. The van der Waals surface area contributed by atoms with Crippen LogP contribution in [0.4, 0.5) is 10.5 Å². The Kier molecular flexibility index (Phi) is 6.73. The van der Waals surface area contributed by atoms with E-state index in [9.17, 15) is 14.4 Å². The van der Waals surface area contributed by atoms with Gasteiger partial charge in [0, 0.05) is 0 Å². The largest absolute Gasteiger partial charge is 0.467 e. The number of urea groups is 1. The molecule has 26 heavy (non-hydrogen) atoms. The Hall–Kier alpha value is -3.35. The molecule has 0 fully saturated rings. The molecule has 136 valence electrons. The summed E-state index contributed by atoms with van der Waals surface area (Å²) in [7, 11) is 1.24. The third kappa shape index (κ3) is 4.83. The number of para-hydroxylation sites is 1. The highest BCUT2D eigenvalue weighted by molar-refractivity contribution is 6.01. The van der Waals surface area contributed by atoms with E-state index in [1.807, 2.05) is 0 Å². The summed E-state index contributed by atoms with van der Waals surface area (Å²) in [5.74, 6) is -1.15. The topological polar surface area (TPSA) is 93.7 Å². The number of hydrogen-bond acceptors (Lipinski definition) is 5. The fraction of sp³-hybridized carbons (Fsp3) is 0.211. The second-order valence-corrected chi connectivity index (χ2v) is 5.23. The van der Waals surface area contributed by atoms with E-state index in [-0.39, 0.29) is 17.9 Å². The van der Waals surface area contributed by atoms with Gasteiger partial charge in [-0.25, -0.2) is 14.4 Å². The van der Waals surface area contributed by atoms with E-state index in [2.05, 4.69) is 10.6 Å². The normalized spacial score (nSPS) is 11.2. The first-order valence-electron chi connectivity index (χ1n) is 8.03. The van der Waals surface area contributed by atoms with Gasteiger partial charge in [0.15, 0.2) is 6.04 Å². The number of amides is 2. The maximum atomic E-state index is 12.4. The molecule has 0 heterocycles. The van der Waals surface area contributed by atoms with E-state index in [0.29, 0.717) is 5.56 Å². The van der Waals surface area contributed by atoms with Crippen molar-refractivity contribution in [1.29, 1.82) is 0 Å². The average Bonchev–Trinajstić information content (AvgIpc) is 2.66. The number of carbonyl (C=O) groups is 3. The molecule has 7 nitrogen and oxygen atoms in total. The maximum absolute atomic E-state index is 12.4. The SMILES string of the molecule is CCOC(=O)c1ccccc1NC(=O)NC(C(=O)OC)c1ccccc1. The fourth-order valence-corrected chi connectivity index (χ4v) is 2.31. The molecule has 2 amide bonds. The molecule has 7 heteroatoms. The Morgan fingerprint density at radius 2 is 1.65 bits per heavy atom. The molecule has 0 spiro atoms. The summed E-state index contributed by atoms with van der Waals surface area (Å²) in [6.07, 6.45) is 0. The molecule has 0 aliphatic carbocycles. The minimum absolute atomic E-state index is 0.220. The number of esters is 2. The summed E-state index contributed by atoms with van der Waals surface area (Å²) in [4.78, 5) is 36.4. The lowest BCUT2D eigenvalue weighted by Crippen LogP contribution is -2.37. The third-order valence-corrected chi connectivity index (χ3v) is 3.52. The van der Waals surface area contributed by atoms with Crippen LogP contribution < -0.4 is 10.6 Å². The van der Waals surface area contributed by atoms with E-state index in [1.165, 1.54) is 7.11 Å². The Bertz CT molecular complexity index is 777. The highest BCUT2D eigenvalue weighted by Crippen LogP contribution is 2.18. The summed E-state index contributed by atoms with van der Waals surface area (Å²) in [6.45, 7) is 1.92. The summed E-state index contributed by atoms with van der Waals surface area (Å²) in [6, 6.07) is 13.5. The predicted molar refractivity (Wildman–Crippen MR) is 95.8 cm³/mol. The molecular weight excluding hydrogens is 336 g/mol. The van der Waals surface area contributed by atoms with Crippen LogP contribution in [0.15, 0.2) is 54.6 Å². The number of nitrogens with one attached hydrogen (secondary N) is 2. The van der Waals surface area contributed by atoms with Crippen LogP contribution in [-0.4, -0.2) is 31.7 Å². The first-order valence-corrected chi connectivity index (χ1v) is 8.03. The van der Waals surface area contributed by atoms with Crippen molar-refractivity contribution < 1.29 is 23.9 Å². The standard InChI is InChI=1S/C19H20N2O5/c1-3-26-17(22)14-11-7-8-12-15(14)20-19(24)21-16(18(23)25-2)13-9-5-4-6-10-13/h4-12,16H,3H2,1-2H3,(H2,20,21,24). The van der Waals surface area contributed by atoms with Gasteiger partial charge in [-0.2, -0.15) is 0 Å². The van der Waals surface area contributed by atoms with E-state index in [0.717, 1.165) is 0 Å². The van der Waals surface area contributed by atoms with Gasteiger partial charge in [0.2, 0.25) is 0 Å². The van der Waals surface area contributed by atoms with Crippen molar-refractivity contribution >= 4 is 23.7 Å². The van der Waals surface area contributed by atoms with Gasteiger partial charge in [0.1, 0.15) is 0 Å². The highest BCUT2D eigenvalue weighted by Gasteiger charge is 2.24. The van der Waals surface area contributed by atoms with Crippen LogP contribution in [0, 0.1) is 0 Å². The van der Waals surface area contributed by atoms with E-state index < -0.39 is 24.0 Å². The number of anilines is 1. The van der Waals surface area contributed by atoms with Crippen LogP contribution in [0.1, 0.15) is 28.9 Å². The molecule has 0 aromatic heterocycles. The Morgan fingerprint density at radius 3 is 2.31 bits per heavy atom. The van der Waals surface area contributed by atoms with Gasteiger partial charge < -0.3 is 20.1 Å². The van der Waals surface area contributed by atoms with E-state index in [4.69, 9.17) is 9.47 Å². The molecular formula is C19H20N2O5. The summed E-state index contributed by atoms with van der Waals surface area (Å²) >= 11 is 0. The Labute approximate surface area is 151 Å². The zero-order valence-corrected chi connectivity index (χ0v) is 14.5. The number of methoxy groups -OCH3 is 1.